The average molecular weight is 336 g/mol. The standard InChI is InChI=1S/C19H20N4O2/c1-13-10-14(7-8-16(13)19(25)22(2)3)20-12-15-11-18(24)23-9-5-4-6-17(23)21-15/h4-11,20H,12H2,1-3H3. The zero-order valence-electron chi connectivity index (χ0n) is 14.5. The van der Waals surface area contributed by atoms with E-state index in [-0.39, 0.29) is 11.5 Å². The molecular formula is C19H20N4O2. The minimum Gasteiger partial charge on any atom is -0.379 e. The number of amides is 1. The van der Waals surface area contributed by atoms with Crippen molar-refractivity contribution in [3.63, 3.8) is 0 Å². The second kappa shape index (κ2) is 6.76. The second-order valence-corrected chi connectivity index (χ2v) is 6.10. The van der Waals surface area contributed by atoms with Crippen molar-refractivity contribution in [2.75, 3.05) is 19.4 Å². The highest BCUT2D eigenvalue weighted by atomic mass is 16.2. The summed E-state index contributed by atoms with van der Waals surface area (Å²) < 4.78 is 1.51. The van der Waals surface area contributed by atoms with Crippen molar-refractivity contribution in [1.82, 2.24) is 14.3 Å². The van der Waals surface area contributed by atoms with E-state index in [1.54, 1.807) is 37.3 Å². The lowest BCUT2D eigenvalue weighted by molar-refractivity contribution is 0.0827. The summed E-state index contributed by atoms with van der Waals surface area (Å²) >= 11 is 0. The lowest BCUT2D eigenvalue weighted by Crippen LogP contribution is -2.22. The van der Waals surface area contributed by atoms with Crippen LogP contribution < -0.4 is 10.9 Å². The highest BCUT2D eigenvalue weighted by Crippen LogP contribution is 2.17. The molecule has 1 amide bonds. The van der Waals surface area contributed by atoms with E-state index in [9.17, 15) is 9.59 Å². The molecule has 0 aliphatic carbocycles. The first-order valence-electron chi connectivity index (χ1n) is 7.99. The van der Waals surface area contributed by atoms with Crippen LogP contribution in [0.15, 0.2) is 53.5 Å². The molecule has 0 spiro atoms. The maximum Gasteiger partial charge on any atom is 0.258 e. The van der Waals surface area contributed by atoms with E-state index in [1.165, 1.54) is 10.5 Å². The maximum atomic E-state index is 12.1. The molecule has 0 bridgehead atoms. The van der Waals surface area contributed by atoms with Gasteiger partial charge in [-0.3, -0.25) is 14.0 Å². The summed E-state index contributed by atoms with van der Waals surface area (Å²) in [5, 5.41) is 3.25. The number of aromatic nitrogens is 2. The van der Waals surface area contributed by atoms with Gasteiger partial charge in [-0.25, -0.2) is 4.98 Å². The number of pyridine rings is 1. The molecule has 25 heavy (non-hydrogen) atoms. The van der Waals surface area contributed by atoms with Crippen LogP contribution >= 0.6 is 0 Å². The Morgan fingerprint density at radius 1 is 1.20 bits per heavy atom. The number of nitrogens with zero attached hydrogens (tertiary/aromatic N) is 3. The third-order valence-corrected chi connectivity index (χ3v) is 3.96. The number of rotatable bonds is 4. The molecule has 6 heteroatoms. The fourth-order valence-corrected chi connectivity index (χ4v) is 2.64. The molecule has 1 aromatic carbocycles. The van der Waals surface area contributed by atoms with Gasteiger partial charge < -0.3 is 10.2 Å². The number of nitrogens with one attached hydrogen (secondary N) is 1. The van der Waals surface area contributed by atoms with Crippen molar-refractivity contribution in [3.05, 3.63) is 75.8 Å². The summed E-state index contributed by atoms with van der Waals surface area (Å²) in [6, 6.07) is 12.6. The van der Waals surface area contributed by atoms with Gasteiger partial charge in [0.05, 0.1) is 12.2 Å². The van der Waals surface area contributed by atoms with Crippen LogP contribution in [0.1, 0.15) is 21.6 Å². The zero-order valence-corrected chi connectivity index (χ0v) is 14.5. The largest absolute Gasteiger partial charge is 0.379 e. The van der Waals surface area contributed by atoms with Crippen LogP contribution in [0.4, 0.5) is 5.69 Å². The molecule has 6 nitrogen and oxygen atoms in total. The molecule has 0 atom stereocenters. The number of hydrogen-bond donors (Lipinski definition) is 1. The lowest BCUT2D eigenvalue weighted by Gasteiger charge is -2.14. The fraction of sp³-hybridized carbons (Fsp3) is 0.211. The second-order valence-electron chi connectivity index (χ2n) is 6.10. The highest BCUT2D eigenvalue weighted by molar-refractivity contribution is 5.95. The van der Waals surface area contributed by atoms with E-state index in [0.717, 1.165) is 11.3 Å². The minimum atomic E-state index is -0.106. The van der Waals surface area contributed by atoms with E-state index in [0.29, 0.717) is 23.4 Å². The number of fused-ring (bicyclic) bond motifs is 1. The van der Waals surface area contributed by atoms with Gasteiger partial charge in [0.2, 0.25) is 0 Å². The first-order valence-corrected chi connectivity index (χ1v) is 7.99. The van der Waals surface area contributed by atoms with Gasteiger partial charge in [-0.2, -0.15) is 0 Å². The van der Waals surface area contributed by atoms with Crippen LogP contribution in [0.25, 0.3) is 5.65 Å². The fourth-order valence-electron chi connectivity index (χ4n) is 2.64. The molecule has 2 heterocycles. The maximum absolute atomic E-state index is 12.1. The molecule has 1 N–H and O–H groups in total. The number of carbonyl (C=O) groups is 1. The highest BCUT2D eigenvalue weighted by Gasteiger charge is 2.11. The van der Waals surface area contributed by atoms with Gasteiger partial charge in [-0.05, 0) is 42.8 Å². The molecule has 2 aromatic heterocycles. The van der Waals surface area contributed by atoms with Crippen molar-refractivity contribution >= 4 is 17.2 Å². The predicted molar refractivity (Wildman–Crippen MR) is 98.0 cm³/mol. The van der Waals surface area contributed by atoms with E-state index >= 15 is 0 Å². The third-order valence-electron chi connectivity index (χ3n) is 3.96. The molecule has 0 fully saturated rings. The summed E-state index contributed by atoms with van der Waals surface area (Å²) in [6.45, 7) is 2.34. The topological polar surface area (TPSA) is 66.7 Å². The molecule has 0 saturated heterocycles. The summed E-state index contributed by atoms with van der Waals surface area (Å²) in [5.74, 6) is -0.0201. The normalized spacial score (nSPS) is 10.7. The smallest absolute Gasteiger partial charge is 0.258 e. The minimum absolute atomic E-state index is 0.0201. The van der Waals surface area contributed by atoms with E-state index in [2.05, 4.69) is 10.3 Å². The quantitative estimate of drug-likeness (QED) is 0.794. The molecule has 128 valence electrons. The van der Waals surface area contributed by atoms with Crippen molar-refractivity contribution < 1.29 is 4.79 Å². The number of hydrogen-bond acceptors (Lipinski definition) is 4. The number of aryl methyl sites for hydroxylation is 1. The average Bonchev–Trinajstić information content (AvgIpc) is 2.59. The van der Waals surface area contributed by atoms with Gasteiger partial charge in [-0.15, -0.1) is 0 Å². The Morgan fingerprint density at radius 3 is 2.72 bits per heavy atom. The Labute approximate surface area is 145 Å². The van der Waals surface area contributed by atoms with Crippen LogP contribution in [0.3, 0.4) is 0 Å². The third kappa shape index (κ3) is 3.52. The van der Waals surface area contributed by atoms with E-state index in [4.69, 9.17) is 0 Å². The SMILES string of the molecule is Cc1cc(NCc2cc(=O)n3ccccc3n2)ccc1C(=O)N(C)C. The Balaban J connectivity index is 1.79. The van der Waals surface area contributed by atoms with Crippen molar-refractivity contribution in [2.45, 2.75) is 13.5 Å². The molecule has 3 rings (SSSR count). The lowest BCUT2D eigenvalue weighted by atomic mass is 10.1. The van der Waals surface area contributed by atoms with Crippen LogP contribution in [0, 0.1) is 6.92 Å². The van der Waals surface area contributed by atoms with Crippen molar-refractivity contribution in [3.8, 4) is 0 Å². The summed E-state index contributed by atoms with van der Waals surface area (Å²) in [7, 11) is 3.47. The predicted octanol–water partition coefficient (Wildman–Crippen LogP) is 2.32. The van der Waals surface area contributed by atoms with Crippen LogP contribution in [-0.4, -0.2) is 34.3 Å². The van der Waals surface area contributed by atoms with Gasteiger partial charge in [-0.1, -0.05) is 6.07 Å². The molecule has 0 radical (unpaired) electrons. The summed E-state index contributed by atoms with van der Waals surface area (Å²) in [6.07, 6.45) is 1.70. The first-order chi connectivity index (χ1) is 12.0. The number of benzene rings is 1. The van der Waals surface area contributed by atoms with Gasteiger partial charge in [0, 0.05) is 37.6 Å². The number of anilines is 1. The summed E-state index contributed by atoms with van der Waals surface area (Å²) in [5.41, 5.74) is 3.64. The van der Waals surface area contributed by atoms with E-state index < -0.39 is 0 Å². The zero-order chi connectivity index (χ0) is 18.0. The monoisotopic (exact) mass is 336 g/mol. The molecule has 0 aliphatic rings. The molecular weight excluding hydrogens is 316 g/mol. The molecule has 0 aliphatic heterocycles. The summed E-state index contributed by atoms with van der Waals surface area (Å²) in [4.78, 5) is 30.2. The Morgan fingerprint density at radius 2 is 2.00 bits per heavy atom. The van der Waals surface area contributed by atoms with Gasteiger partial charge in [0.25, 0.3) is 11.5 Å². The van der Waals surface area contributed by atoms with Crippen LogP contribution in [0.2, 0.25) is 0 Å². The number of carbonyl (C=O) groups excluding carboxylic acids is 1. The Bertz CT molecular complexity index is 992. The first kappa shape index (κ1) is 16.7. The Kier molecular flexibility index (Phi) is 4.52. The molecule has 0 saturated carbocycles. The van der Waals surface area contributed by atoms with Gasteiger partial charge >= 0.3 is 0 Å². The van der Waals surface area contributed by atoms with Gasteiger partial charge in [0.15, 0.2) is 0 Å². The van der Waals surface area contributed by atoms with Crippen molar-refractivity contribution in [2.24, 2.45) is 0 Å². The molecule has 0 unspecified atom stereocenters. The molecule has 3 aromatic rings. The van der Waals surface area contributed by atoms with Crippen LogP contribution in [0.5, 0.6) is 0 Å². The van der Waals surface area contributed by atoms with Crippen molar-refractivity contribution in [1.29, 1.82) is 0 Å². The Hall–Kier alpha value is -3.15. The van der Waals surface area contributed by atoms with Gasteiger partial charge in [0.1, 0.15) is 5.65 Å². The van der Waals surface area contributed by atoms with E-state index in [1.807, 2.05) is 31.2 Å². The van der Waals surface area contributed by atoms with Crippen LogP contribution in [-0.2, 0) is 6.54 Å².